The zero-order valence-electron chi connectivity index (χ0n) is 11.9. The van der Waals surface area contributed by atoms with E-state index in [4.69, 9.17) is 11.6 Å². The van der Waals surface area contributed by atoms with Crippen molar-refractivity contribution >= 4 is 17.5 Å². The van der Waals surface area contributed by atoms with Crippen molar-refractivity contribution < 1.29 is 4.79 Å². The number of hydrogen-bond acceptors (Lipinski definition) is 2. The van der Waals surface area contributed by atoms with Crippen molar-refractivity contribution in [1.29, 1.82) is 0 Å². The van der Waals surface area contributed by atoms with Gasteiger partial charge in [0, 0.05) is 31.1 Å². The molecular weight excluding hydrogens is 260 g/mol. The molecule has 0 radical (unpaired) electrons. The van der Waals surface area contributed by atoms with Crippen molar-refractivity contribution in [3.8, 4) is 0 Å². The van der Waals surface area contributed by atoms with E-state index in [0.29, 0.717) is 18.9 Å². The van der Waals surface area contributed by atoms with E-state index in [1.54, 1.807) is 0 Å². The fourth-order valence-electron chi connectivity index (χ4n) is 1.69. The van der Waals surface area contributed by atoms with Crippen molar-refractivity contribution in [3.05, 3.63) is 34.3 Å². The molecule has 0 aliphatic rings. The predicted octanol–water partition coefficient (Wildman–Crippen LogP) is 2.90. The fourth-order valence-corrected chi connectivity index (χ4v) is 1.92. The second-order valence-corrected chi connectivity index (χ2v) is 5.63. The molecule has 0 aliphatic heterocycles. The van der Waals surface area contributed by atoms with E-state index in [1.807, 2.05) is 25.1 Å². The highest BCUT2D eigenvalue weighted by atomic mass is 35.5. The summed E-state index contributed by atoms with van der Waals surface area (Å²) in [7, 11) is 0. The van der Waals surface area contributed by atoms with Crippen LogP contribution in [-0.2, 0) is 11.3 Å². The molecule has 1 rings (SSSR count). The normalized spacial score (nSPS) is 10.8. The maximum absolute atomic E-state index is 11.5. The summed E-state index contributed by atoms with van der Waals surface area (Å²) in [6.07, 6.45) is 0.513. The Morgan fingerprint density at radius 3 is 2.74 bits per heavy atom. The Morgan fingerprint density at radius 2 is 2.11 bits per heavy atom. The van der Waals surface area contributed by atoms with Crippen molar-refractivity contribution in [3.63, 3.8) is 0 Å². The van der Waals surface area contributed by atoms with Crippen LogP contribution in [0.1, 0.15) is 31.4 Å². The highest BCUT2D eigenvalue weighted by Gasteiger charge is 2.03. The minimum Gasteiger partial charge on any atom is -0.356 e. The van der Waals surface area contributed by atoms with E-state index in [9.17, 15) is 4.79 Å². The number of halogens is 1. The molecule has 2 N–H and O–H groups in total. The van der Waals surface area contributed by atoms with Crippen LogP contribution in [0.5, 0.6) is 0 Å². The molecule has 0 aromatic heterocycles. The summed E-state index contributed by atoms with van der Waals surface area (Å²) in [5.74, 6) is 0.600. The average Bonchev–Trinajstić information content (AvgIpc) is 2.34. The maximum atomic E-state index is 11.5. The van der Waals surface area contributed by atoms with Crippen molar-refractivity contribution in [1.82, 2.24) is 10.6 Å². The van der Waals surface area contributed by atoms with E-state index in [0.717, 1.165) is 18.1 Å². The number of benzene rings is 1. The lowest BCUT2D eigenvalue weighted by molar-refractivity contribution is -0.121. The monoisotopic (exact) mass is 282 g/mol. The second kappa shape index (κ2) is 8.18. The molecule has 0 unspecified atom stereocenters. The molecule has 4 heteroatoms. The van der Waals surface area contributed by atoms with E-state index < -0.39 is 0 Å². The summed E-state index contributed by atoms with van der Waals surface area (Å²) in [6, 6.07) is 5.86. The zero-order valence-corrected chi connectivity index (χ0v) is 12.7. The largest absolute Gasteiger partial charge is 0.356 e. The molecule has 0 atom stereocenters. The molecule has 106 valence electrons. The van der Waals surface area contributed by atoms with Gasteiger partial charge in [-0.25, -0.2) is 0 Å². The topological polar surface area (TPSA) is 41.1 Å². The van der Waals surface area contributed by atoms with Crippen molar-refractivity contribution in [2.75, 3.05) is 13.1 Å². The minimum absolute atomic E-state index is 0.106. The first-order valence-electron chi connectivity index (χ1n) is 6.71. The lowest BCUT2D eigenvalue weighted by Crippen LogP contribution is -2.30. The minimum atomic E-state index is 0.106. The quantitative estimate of drug-likeness (QED) is 0.755. The molecule has 0 spiro atoms. The Hall–Kier alpha value is -1.06. The highest BCUT2D eigenvalue weighted by molar-refractivity contribution is 6.30. The lowest BCUT2D eigenvalue weighted by Gasteiger charge is -2.09. The lowest BCUT2D eigenvalue weighted by atomic mass is 10.1. The van der Waals surface area contributed by atoms with Crippen LogP contribution in [0, 0.1) is 12.8 Å². The molecule has 0 aliphatic carbocycles. The van der Waals surface area contributed by atoms with Gasteiger partial charge in [-0.05, 0) is 36.1 Å². The number of carbonyl (C=O) groups excluding carboxylic acids is 1. The summed E-state index contributed by atoms with van der Waals surface area (Å²) in [5.41, 5.74) is 2.39. The third-order valence-corrected chi connectivity index (χ3v) is 3.09. The van der Waals surface area contributed by atoms with E-state index in [-0.39, 0.29) is 5.91 Å². The van der Waals surface area contributed by atoms with Gasteiger partial charge in [-0.3, -0.25) is 4.79 Å². The molecule has 3 nitrogen and oxygen atoms in total. The number of carbonyl (C=O) groups is 1. The SMILES string of the molecule is Cc1cc(Cl)ccc1CNCCC(=O)NCC(C)C. The summed E-state index contributed by atoms with van der Waals surface area (Å²) >= 11 is 5.91. The standard InChI is InChI=1S/C15H23ClN2O/c1-11(2)9-18-15(19)6-7-17-10-13-4-5-14(16)8-12(13)3/h4-5,8,11,17H,6-7,9-10H2,1-3H3,(H,18,19). The molecule has 0 fully saturated rings. The molecule has 1 aromatic carbocycles. The van der Waals surface area contributed by atoms with Crippen LogP contribution >= 0.6 is 11.6 Å². The van der Waals surface area contributed by atoms with Gasteiger partial charge in [-0.1, -0.05) is 31.5 Å². The number of rotatable bonds is 7. The van der Waals surface area contributed by atoms with E-state index >= 15 is 0 Å². The summed E-state index contributed by atoms with van der Waals surface area (Å²) < 4.78 is 0. The van der Waals surface area contributed by atoms with Gasteiger partial charge < -0.3 is 10.6 Å². The molecule has 0 saturated carbocycles. The van der Waals surface area contributed by atoms with Crippen LogP contribution < -0.4 is 10.6 Å². The summed E-state index contributed by atoms with van der Waals surface area (Å²) in [6.45, 7) is 8.41. The Bertz CT molecular complexity index is 419. The van der Waals surface area contributed by atoms with Crippen molar-refractivity contribution in [2.24, 2.45) is 5.92 Å². The molecule has 0 saturated heterocycles. The predicted molar refractivity (Wildman–Crippen MR) is 80.4 cm³/mol. The molecule has 1 aromatic rings. The number of aryl methyl sites for hydroxylation is 1. The Morgan fingerprint density at radius 1 is 1.37 bits per heavy atom. The van der Waals surface area contributed by atoms with Crippen molar-refractivity contribution in [2.45, 2.75) is 33.7 Å². The number of hydrogen-bond donors (Lipinski definition) is 2. The molecule has 1 amide bonds. The average molecular weight is 283 g/mol. The fraction of sp³-hybridized carbons (Fsp3) is 0.533. The Kier molecular flexibility index (Phi) is 6.89. The van der Waals surface area contributed by atoms with Gasteiger partial charge >= 0.3 is 0 Å². The number of nitrogens with one attached hydrogen (secondary N) is 2. The van der Waals surface area contributed by atoms with Gasteiger partial charge in [-0.2, -0.15) is 0 Å². The van der Waals surface area contributed by atoms with Gasteiger partial charge in [0.2, 0.25) is 5.91 Å². The molecular formula is C15H23ClN2O. The highest BCUT2D eigenvalue weighted by Crippen LogP contribution is 2.14. The van der Waals surface area contributed by atoms with E-state index in [1.165, 1.54) is 11.1 Å². The third-order valence-electron chi connectivity index (χ3n) is 2.86. The first kappa shape index (κ1) is 16.0. The van der Waals surface area contributed by atoms with Crippen LogP contribution in [0.15, 0.2) is 18.2 Å². The van der Waals surface area contributed by atoms with Gasteiger partial charge in [0.05, 0.1) is 0 Å². The Balaban J connectivity index is 2.22. The first-order chi connectivity index (χ1) is 8.99. The smallest absolute Gasteiger partial charge is 0.221 e. The summed E-state index contributed by atoms with van der Waals surface area (Å²) in [4.78, 5) is 11.5. The van der Waals surface area contributed by atoms with Gasteiger partial charge in [0.1, 0.15) is 0 Å². The summed E-state index contributed by atoms with van der Waals surface area (Å²) in [5, 5.41) is 6.94. The van der Waals surface area contributed by atoms with Crippen LogP contribution in [0.25, 0.3) is 0 Å². The van der Waals surface area contributed by atoms with Crippen LogP contribution in [0.4, 0.5) is 0 Å². The Labute approximate surface area is 120 Å². The van der Waals surface area contributed by atoms with Crippen LogP contribution in [0.2, 0.25) is 5.02 Å². The number of amides is 1. The first-order valence-corrected chi connectivity index (χ1v) is 7.09. The molecule has 0 bridgehead atoms. The van der Waals surface area contributed by atoms with E-state index in [2.05, 4.69) is 24.5 Å². The van der Waals surface area contributed by atoms with Crippen LogP contribution in [-0.4, -0.2) is 19.0 Å². The maximum Gasteiger partial charge on any atom is 0.221 e. The molecule has 19 heavy (non-hydrogen) atoms. The van der Waals surface area contributed by atoms with Gasteiger partial charge in [0.15, 0.2) is 0 Å². The third kappa shape index (κ3) is 6.60. The molecule has 0 heterocycles. The van der Waals surface area contributed by atoms with Gasteiger partial charge in [-0.15, -0.1) is 0 Å². The second-order valence-electron chi connectivity index (χ2n) is 5.20. The van der Waals surface area contributed by atoms with Gasteiger partial charge in [0.25, 0.3) is 0 Å². The van der Waals surface area contributed by atoms with Crippen LogP contribution in [0.3, 0.4) is 0 Å². The zero-order chi connectivity index (χ0) is 14.3.